The second kappa shape index (κ2) is 9.01. The van der Waals surface area contributed by atoms with Crippen LogP contribution in [0.4, 0.5) is 0 Å². The monoisotopic (exact) mass is 423 g/mol. The third-order valence-corrected chi connectivity index (χ3v) is 8.13. The van der Waals surface area contributed by atoms with Gasteiger partial charge in [0.05, 0.1) is 4.88 Å². The molecule has 9 heteroatoms. The molecule has 0 aliphatic carbocycles. The van der Waals surface area contributed by atoms with Crippen molar-refractivity contribution < 1.29 is 13.2 Å². The molecule has 0 unspecified atom stereocenters. The molecule has 0 atom stereocenters. The van der Waals surface area contributed by atoms with Gasteiger partial charge in [0.25, 0.3) is 15.9 Å². The van der Waals surface area contributed by atoms with Crippen molar-refractivity contribution in [3.05, 3.63) is 17.0 Å². The molecule has 0 saturated carbocycles. The van der Waals surface area contributed by atoms with Gasteiger partial charge >= 0.3 is 0 Å². The van der Waals surface area contributed by atoms with Gasteiger partial charge in [-0.3, -0.25) is 4.79 Å². The number of sulfonamides is 1. The highest BCUT2D eigenvalue weighted by molar-refractivity contribution is 7.91. The van der Waals surface area contributed by atoms with Crippen LogP contribution in [-0.2, 0) is 10.0 Å². The molecule has 1 aliphatic rings. The highest BCUT2D eigenvalue weighted by Gasteiger charge is 2.30. The summed E-state index contributed by atoms with van der Waals surface area (Å²) in [4.78, 5) is 14.6. The molecule has 2 rings (SSSR count). The summed E-state index contributed by atoms with van der Waals surface area (Å²) in [6.45, 7) is 8.24. The Labute approximate surface area is 167 Å². The Morgan fingerprint density at radius 2 is 1.92 bits per heavy atom. The zero-order valence-electron chi connectivity index (χ0n) is 15.9. The number of rotatable bonds is 6. The third kappa shape index (κ3) is 5.42. The Morgan fingerprint density at radius 3 is 2.46 bits per heavy atom. The van der Waals surface area contributed by atoms with Crippen LogP contribution in [0, 0.1) is 11.3 Å². The highest BCUT2D eigenvalue weighted by Crippen LogP contribution is 2.29. The maximum atomic E-state index is 12.8. The minimum absolute atomic E-state index is 0. The van der Waals surface area contributed by atoms with Crippen LogP contribution in [0.25, 0.3) is 0 Å². The molecule has 26 heavy (non-hydrogen) atoms. The van der Waals surface area contributed by atoms with E-state index in [9.17, 15) is 13.2 Å². The van der Waals surface area contributed by atoms with Crippen LogP contribution >= 0.6 is 23.7 Å². The van der Waals surface area contributed by atoms with Crippen molar-refractivity contribution in [3.8, 4) is 0 Å². The normalized spacial score (nSPS) is 17.0. The Balaban J connectivity index is 0.00000338. The molecule has 1 amide bonds. The van der Waals surface area contributed by atoms with Gasteiger partial charge in [-0.15, -0.1) is 23.7 Å². The fourth-order valence-corrected chi connectivity index (χ4v) is 5.82. The van der Waals surface area contributed by atoms with Crippen LogP contribution in [-0.4, -0.2) is 56.8 Å². The van der Waals surface area contributed by atoms with E-state index in [1.165, 1.54) is 4.31 Å². The summed E-state index contributed by atoms with van der Waals surface area (Å²) in [6.07, 6.45) is 1.76. The van der Waals surface area contributed by atoms with E-state index in [0.717, 1.165) is 24.2 Å². The van der Waals surface area contributed by atoms with Gasteiger partial charge in [-0.05, 0) is 42.9 Å². The number of piperidine rings is 1. The summed E-state index contributed by atoms with van der Waals surface area (Å²) in [7, 11) is -1.78. The molecule has 0 aromatic carbocycles. The fourth-order valence-electron chi connectivity index (χ4n) is 2.89. The maximum Gasteiger partial charge on any atom is 0.263 e. The molecular weight excluding hydrogens is 394 g/mol. The molecule has 1 aromatic heterocycles. The van der Waals surface area contributed by atoms with Crippen molar-refractivity contribution >= 4 is 39.7 Å². The van der Waals surface area contributed by atoms with Gasteiger partial charge in [0.15, 0.2) is 0 Å². The predicted octanol–water partition coefficient (Wildman–Crippen LogP) is 2.65. The lowest BCUT2D eigenvalue weighted by Gasteiger charge is -2.29. The molecule has 2 N–H and O–H groups in total. The number of carbonyl (C=O) groups excluding carboxylic acids is 1. The van der Waals surface area contributed by atoms with E-state index in [0.29, 0.717) is 37.0 Å². The quantitative estimate of drug-likeness (QED) is 0.762. The third-order valence-electron chi connectivity index (χ3n) is 4.69. The first-order valence-electron chi connectivity index (χ1n) is 8.62. The van der Waals surface area contributed by atoms with Crippen molar-refractivity contribution in [2.24, 2.45) is 17.1 Å². The van der Waals surface area contributed by atoms with Crippen molar-refractivity contribution in [1.82, 2.24) is 9.21 Å². The number of nitrogens with two attached hydrogens (primary N) is 1. The molecule has 150 valence electrons. The Morgan fingerprint density at radius 1 is 1.35 bits per heavy atom. The SMILES string of the molecule is CC1CCN(S(=O)(=O)c2ccc(C(=O)N(C)CC(C)(C)CN)s2)CC1.Cl. The summed E-state index contributed by atoms with van der Waals surface area (Å²) >= 11 is 1.05. The van der Waals surface area contributed by atoms with Crippen molar-refractivity contribution in [2.75, 3.05) is 33.2 Å². The Hall–Kier alpha value is -0.670. The van der Waals surface area contributed by atoms with Gasteiger partial charge in [-0.1, -0.05) is 20.8 Å². The molecule has 1 aromatic rings. The summed E-state index contributed by atoms with van der Waals surface area (Å²) in [6, 6.07) is 3.16. The zero-order chi connectivity index (χ0) is 18.8. The van der Waals surface area contributed by atoms with Gasteiger partial charge in [-0.2, -0.15) is 4.31 Å². The number of carbonyl (C=O) groups is 1. The lowest BCUT2D eigenvalue weighted by molar-refractivity contribution is 0.0745. The van der Waals surface area contributed by atoms with Crippen LogP contribution in [0.2, 0.25) is 0 Å². The van der Waals surface area contributed by atoms with Crippen LogP contribution < -0.4 is 5.73 Å². The standard InChI is InChI=1S/C17H29N3O3S2.ClH/c1-13-7-9-20(10-8-13)25(22,23)15-6-5-14(24-15)16(21)19(4)12-17(2,3)11-18;/h5-6,13H,7-12,18H2,1-4H3;1H. The average Bonchev–Trinajstić information content (AvgIpc) is 3.05. The number of halogens is 1. The number of hydrogen-bond donors (Lipinski definition) is 1. The number of amides is 1. The molecule has 6 nitrogen and oxygen atoms in total. The Bertz CT molecular complexity index is 711. The molecule has 2 heterocycles. The number of hydrogen-bond acceptors (Lipinski definition) is 5. The lowest BCUT2D eigenvalue weighted by Crippen LogP contribution is -2.39. The molecule has 0 radical (unpaired) electrons. The minimum atomic E-state index is -3.50. The lowest BCUT2D eigenvalue weighted by atomic mass is 9.93. The number of nitrogens with zero attached hydrogens (tertiary/aromatic N) is 2. The van der Waals surface area contributed by atoms with Gasteiger partial charge < -0.3 is 10.6 Å². The zero-order valence-corrected chi connectivity index (χ0v) is 18.3. The second-order valence-corrected chi connectivity index (χ2v) is 11.0. The van der Waals surface area contributed by atoms with Gasteiger partial charge in [-0.25, -0.2) is 8.42 Å². The topological polar surface area (TPSA) is 83.7 Å². The first-order valence-corrected chi connectivity index (χ1v) is 10.9. The average molecular weight is 424 g/mol. The first-order chi connectivity index (χ1) is 11.6. The van der Waals surface area contributed by atoms with E-state index in [1.807, 2.05) is 13.8 Å². The largest absolute Gasteiger partial charge is 0.340 e. The van der Waals surface area contributed by atoms with Crippen LogP contribution in [0.15, 0.2) is 16.3 Å². The molecule has 0 bridgehead atoms. The minimum Gasteiger partial charge on any atom is -0.340 e. The van der Waals surface area contributed by atoms with E-state index in [2.05, 4.69) is 6.92 Å². The summed E-state index contributed by atoms with van der Waals surface area (Å²) in [5.41, 5.74) is 5.55. The highest BCUT2D eigenvalue weighted by atomic mass is 35.5. The van der Waals surface area contributed by atoms with E-state index >= 15 is 0 Å². The van der Waals surface area contributed by atoms with E-state index in [-0.39, 0.29) is 27.9 Å². The van der Waals surface area contributed by atoms with E-state index in [4.69, 9.17) is 5.73 Å². The second-order valence-electron chi connectivity index (χ2n) is 7.73. The maximum absolute atomic E-state index is 12.8. The first kappa shape index (κ1) is 23.4. The molecule has 1 fully saturated rings. The van der Waals surface area contributed by atoms with Crippen molar-refractivity contribution in [1.29, 1.82) is 0 Å². The van der Waals surface area contributed by atoms with Crippen molar-refractivity contribution in [3.63, 3.8) is 0 Å². The molecule has 1 saturated heterocycles. The fraction of sp³-hybridized carbons (Fsp3) is 0.706. The Kier molecular flexibility index (Phi) is 8.10. The van der Waals surface area contributed by atoms with Crippen LogP contribution in [0.5, 0.6) is 0 Å². The van der Waals surface area contributed by atoms with Gasteiger partial charge in [0.1, 0.15) is 4.21 Å². The molecule has 1 aliphatic heterocycles. The molecular formula is C17H30ClN3O3S2. The van der Waals surface area contributed by atoms with Crippen LogP contribution in [0.1, 0.15) is 43.3 Å². The summed E-state index contributed by atoms with van der Waals surface area (Å²) < 4.78 is 27.3. The van der Waals surface area contributed by atoms with Gasteiger partial charge in [0.2, 0.25) is 0 Å². The number of thiophene rings is 1. The van der Waals surface area contributed by atoms with E-state index < -0.39 is 10.0 Å². The summed E-state index contributed by atoms with van der Waals surface area (Å²) in [5.74, 6) is 0.395. The predicted molar refractivity (Wildman–Crippen MR) is 109 cm³/mol. The summed E-state index contributed by atoms with van der Waals surface area (Å²) in [5, 5.41) is 0. The van der Waals surface area contributed by atoms with Crippen LogP contribution in [0.3, 0.4) is 0 Å². The smallest absolute Gasteiger partial charge is 0.263 e. The van der Waals surface area contributed by atoms with Crippen molar-refractivity contribution in [2.45, 2.75) is 37.8 Å². The van der Waals surface area contributed by atoms with Gasteiger partial charge in [0, 0.05) is 26.7 Å². The van der Waals surface area contributed by atoms with E-state index in [1.54, 1.807) is 24.1 Å². The molecule has 0 spiro atoms.